The molecular formula is C14H15NO3S. The average Bonchev–Trinajstić information content (AvgIpc) is 2.36. The molecule has 0 aliphatic heterocycles. The van der Waals surface area contributed by atoms with E-state index in [0.717, 1.165) is 11.8 Å². The molecule has 0 saturated heterocycles. The molecule has 5 heteroatoms. The van der Waals surface area contributed by atoms with Gasteiger partial charge in [0.1, 0.15) is 0 Å². The number of carbonyl (C=O) groups excluding carboxylic acids is 2. The Morgan fingerprint density at radius 3 is 2.79 bits per heavy atom. The molecule has 0 bridgehead atoms. The summed E-state index contributed by atoms with van der Waals surface area (Å²) in [6, 6.07) is 4.94. The molecule has 0 aliphatic carbocycles. The van der Waals surface area contributed by atoms with E-state index in [-0.39, 0.29) is 5.12 Å². The zero-order chi connectivity index (χ0) is 14.3. The summed E-state index contributed by atoms with van der Waals surface area (Å²) in [4.78, 5) is 22.4. The van der Waals surface area contributed by atoms with Crippen LogP contribution in [0.25, 0.3) is 0 Å². The van der Waals surface area contributed by atoms with Gasteiger partial charge in [-0.05, 0) is 25.1 Å². The molecule has 1 aromatic rings. The van der Waals surface area contributed by atoms with Crippen molar-refractivity contribution < 1.29 is 14.3 Å². The van der Waals surface area contributed by atoms with Crippen molar-refractivity contribution >= 4 is 28.5 Å². The summed E-state index contributed by atoms with van der Waals surface area (Å²) in [7, 11) is 0. The van der Waals surface area contributed by atoms with Crippen LogP contribution in [0.1, 0.15) is 29.8 Å². The molecule has 1 aromatic carbocycles. The van der Waals surface area contributed by atoms with Gasteiger partial charge in [-0.15, -0.1) is 0 Å². The fourth-order valence-electron chi connectivity index (χ4n) is 1.30. The zero-order valence-electron chi connectivity index (χ0n) is 10.9. The Hall–Kier alpha value is -1.93. The van der Waals surface area contributed by atoms with Gasteiger partial charge < -0.3 is 10.5 Å². The molecular weight excluding hydrogens is 262 g/mol. The predicted molar refractivity (Wildman–Crippen MR) is 76.8 cm³/mol. The molecule has 0 aliphatic rings. The fraction of sp³-hybridized carbons (Fsp3) is 0.286. The highest BCUT2D eigenvalue weighted by molar-refractivity contribution is 8.13. The van der Waals surface area contributed by atoms with E-state index in [1.165, 1.54) is 6.92 Å². The van der Waals surface area contributed by atoms with E-state index in [1.54, 1.807) is 25.1 Å². The first-order chi connectivity index (χ1) is 9.04. The standard InChI is InChI=1S/C14H15NO3S/c1-3-18-14(17)12-9-11(6-7-13(12)15)5-4-8-19-10(2)16/h6-7,9H,3,8,15H2,1-2H3. The third-order valence-electron chi connectivity index (χ3n) is 2.13. The number of anilines is 1. The zero-order valence-corrected chi connectivity index (χ0v) is 11.7. The van der Waals surface area contributed by atoms with E-state index in [0.29, 0.717) is 29.2 Å². The minimum atomic E-state index is -0.457. The van der Waals surface area contributed by atoms with E-state index in [2.05, 4.69) is 11.8 Å². The van der Waals surface area contributed by atoms with Crippen LogP contribution in [0, 0.1) is 11.8 Å². The van der Waals surface area contributed by atoms with Crippen molar-refractivity contribution in [2.75, 3.05) is 18.1 Å². The molecule has 0 heterocycles. The van der Waals surface area contributed by atoms with Gasteiger partial charge in [0.15, 0.2) is 5.12 Å². The molecule has 19 heavy (non-hydrogen) atoms. The van der Waals surface area contributed by atoms with Crippen LogP contribution in [0.4, 0.5) is 5.69 Å². The second kappa shape index (κ2) is 7.49. The maximum absolute atomic E-state index is 11.6. The normalized spacial score (nSPS) is 9.37. The van der Waals surface area contributed by atoms with Crippen LogP contribution >= 0.6 is 11.8 Å². The van der Waals surface area contributed by atoms with Gasteiger partial charge in [0.05, 0.1) is 17.9 Å². The highest BCUT2D eigenvalue weighted by Gasteiger charge is 2.10. The van der Waals surface area contributed by atoms with Crippen molar-refractivity contribution in [1.29, 1.82) is 0 Å². The lowest BCUT2D eigenvalue weighted by Crippen LogP contribution is -2.08. The molecule has 0 atom stereocenters. The quantitative estimate of drug-likeness (QED) is 0.520. The van der Waals surface area contributed by atoms with Gasteiger partial charge in [0.25, 0.3) is 0 Å². The molecule has 0 radical (unpaired) electrons. The van der Waals surface area contributed by atoms with Gasteiger partial charge in [-0.25, -0.2) is 4.79 Å². The Morgan fingerprint density at radius 2 is 2.16 bits per heavy atom. The lowest BCUT2D eigenvalue weighted by molar-refractivity contribution is -0.109. The Balaban J connectivity index is 2.84. The van der Waals surface area contributed by atoms with E-state index >= 15 is 0 Å². The minimum Gasteiger partial charge on any atom is -0.462 e. The Morgan fingerprint density at radius 1 is 1.42 bits per heavy atom. The molecule has 0 aromatic heterocycles. The third kappa shape index (κ3) is 5.06. The van der Waals surface area contributed by atoms with E-state index < -0.39 is 5.97 Å². The van der Waals surface area contributed by atoms with Crippen molar-refractivity contribution in [3.8, 4) is 11.8 Å². The number of esters is 1. The molecule has 0 fully saturated rings. The highest BCUT2D eigenvalue weighted by atomic mass is 32.2. The van der Waals surface area contributed by atoms with Crippen molar-refractivity contribution in [2.24, 2.45) is 0 Å². The van der Waals surface area contributed by atoms with E-state index in [4.69, 9.17) is 10.5 Å². The Kier molecular flexibility index (Phi) is 5.97. The Labute approximate surface area is 116 Å². The van der Waals surface area contributed by atoms with Crippen molar-refractivity contribution in [2.45, 2.75) is 13.8 Å². The first-order valence-corrected chi connectivity index (χ1v) is 6.72. The molecule has 2 N–H and O–H groups in total. The maximum atomic E-state index is 11.6. The smallest absolute Gasteiger partial charge is 0.340 e. The lowest BCUT2D eigenvalue weighted by Gasteiger charge is -2.05. The van der Waals surface area contributed by atoms with Gasteiger partial charge in [0, 0.05) is 18.2 Å². The number of hydrogen-bond acceptors (Lipinski definition) is 5. The summed E-state index contributed by atoms with van der Waals surface area (Å²) >= 11 is 1.14. The lowest BCUT2D eigenvalue weighted by atomic mass is 10.1. The van der Waals surface area contributed by atoms with E-state index in [1.807, 2.05) is 0 Å². The number of thioether (sulfide) groups is 1. The second-order valence-corrected chi connectivity index (χ2v) is 4.76. The average molecular weight is 277 g/mol. The van der Waals surface area contributed by atoms with Crippen LogP contribution < -0.4 is 5.73 Å². The first kappa shape index (κ1) is 15.1. The monoisotopic (exact) mass is 277 g/mol. The summed E-state index contributed by atoms with van der Waals surface area (Å²) in [5.74, 6) is 5.70. The van der Waals surface area contributed by atoms with Gasteiger partial charge in [0.2, 0.25) is 0 Å². The van der Waals surface area contributed by atoms with Crippen molar-refractivity contribution in [3.63, 3.8) is 0 Å². The van der Waals surface area contributed by atoms with Gasteiger partial charge in [-0.2, -0.15) is 0 Å². The summed E-state index contributed by atoms with van der Waals surface area (Å²) in [6.45, 7) is 3.52. The van der Waals surface area contributed by atoms with Crippen LogP contribution in [0.5, 0.6) is 0 Å². The van der Waals surface area contributed by atoms with Gasteiger partial charge in [-0.1, -0.05) is 23.6 Å². The van der Waals surface area contributed by atoms with Crippen LogP contribution in [0.2, 0.25) is 0 Å². The predicted octanol–water partition coefficient (Wildman–Crippen LogP) is 2.08. The summed E-state index contributed by atoms with van der Waals surface area (Å²) in [5.41, 5.74) is 7.06. The topological polar surface area (TPSA) is 69.4 Å². The number of nitrogens with two attached hydrogens (primary N) is 1. The molecule has 0 unspecified atom stereocenters. The number of rotatable bonds is 3. The molecule has 4 nitrogen and oxygen atoms in total. The van der Waals surface area contributed by atoms with Gasteiger partial charge in [-0.3, -0.25) is 4.79 Å². The fourth-order valence-corrected chi connectivity index (χ4v) is 1.64. The molecule has 1 rings (SSSR count). The second-order valence-electron chi connectivity index (χ2n) is 3.60. The molecule has 0 saturated carbocycles. The molecule has 100 valence electrons. The molecule has 0 spiro atoms. The first-order valence-electron chi connectivity index (χ1n) is 5.73. The largest absolute Gasteiger partial charge is 0.462 e. The minimum absolute atomic E-state index is 0.0267. The number of nitrogen functional groups attached to an aromatic ring is 1. The summed E-state index contributed by atoms with van der Waals surface area (Å²) in [6.07, 6.45) is 0. The Bertz CT molecular complexity index is 543. The van der Waals surface area contributed by atoms with Crippen LogP contribution in [0.15, 0.2) is 18.2 Å². The highest BCUT2D eigenvalue weighted by Crippen LogP contribution is 2.15. The van der Waals surface area contributed by atoms with E-state index in [9.17, 15) is 9.59 Å². The maximum Gasteiger partial charge on any atom is 0.340 e. The number of ether oxygens (including phenoxy) is 1. The number of hydrogen-bond donors (Lipinski definition) is 1. The summed E-state index contributed by atoms with van der Waals surface area (Å²) in [5, 5.41) is 0.0267. The number of carbonyl (C=O) groups is 2. The summed E-state index contributed by atoms with van der Waals surface area (Å²) < 4.78 is 4.90. The van der Waals surface area contributed by atoms with Crippen molar-refractivity contribution in [1.82, 2.24) is 0 Å². The van der Waals surface area contributed by atoms with Crippen LogP contribution in [-0.2, 0) is 9.53 Å². The van der Waals surface area contributed by atoms with Gasteiger partial charge >= 0.3 is 5.97 Å². The van der Waals surface area contributed by atoms with Crippen LogP contribution in [0.3, 0.4) is 0 Å². The third-order valence-corrected chi connectivity index (χ3v) is 2.82. The SMILES string of the molecule is CCOC(=O)c1cc(C#CCSC(C)=O)ccc1N. The van der Waals surface area contributed by atoms with Crippen LogP contribution in [-0.4, -0.2) is 23.4 Å². The molecule has 0 amide bonds. The number of benzene rings is 1. The van der Waals surface area contributed by atoms with Crippen molar-refractivity contribution in [3.05, 3.63) is 29.3 Å².